The number of nitrogens with zero attached hydrogens (tertiary/aromatic N) is 1. The molecule has 0 aromatic heterocycles. The second-order valence-electron chi connectivity index (χ2n) is 4.17. The summed E-state index contributed by atoms with van der Waals surface area (Å²) in [6.45, 7) is 0.712. The normalized spacial score (nSPS) is 13.4. The van der Waals surface area contributed by atoms with Crippen molar-refractivity contribution < 1.29 is 14.4 Å². The number of fused-ring (bicyclic) bond motifs is 1. The highest BCUT2D eigenvalue weighted by Crippen LogP contribution is 2.22. The van der Waals surface area contributed by atoms with E-state index in [4.69, 9.17) is 0 Å². The second kappa shape index (κ2) is 5.51. The van der Waals surface area contributed by atoms with E-state index in [0.717, 1.165) is 0 Å². The summed E-state index contributed by atoms with van der Waals surface area (Å²) in [6.07, 6.45) is 0.527. The molecule has 1 aromatic rings. The average Bonchev–Trinajstić information content (AvgIpc) is 2.68. The van der Waals surface area contributed by atoms with Crippen LogP contribution >= 0.6 is 0 Å². The van der Waals surface area contributed by atoms with E-state index in [-0.39, 0.29) is 17.8 Å². The summed E-state index contributed by atoms with van der Waals surface area (Å²) in [5.74, 6) is -0.527. The molecule has 19 heavy (non-hydrogen) atoms. The number of hydrogen-bond acceptors (Lipinski definition) is 3. The molecule has 0 spiro atoms. The number of imide groups is 1. The van der Waals surface area contributed by atoms with Crippen LogP contribution in [-0.4, -0.2) is 42.9 Å². The van der Waals surface area contributed by atoms with Gasteiger partial charge in [-0.1, -0.05) is 12.1 Å². The summed E-state index contributed by atoms with van der Waals surface area (Å²) < 4.78 is 0. The van der Waals surface area contributed by atoms with Gasteiger partial charge in [-0.3, -0.25) is 14.5 Å². The quantitative estimate of drug-likeness (QED) is 0.615. The summed E-state index contributed by atoms with van der Waals surface area (Å²) in [5, 5.41) is 5.04. The lowest BCUT2D eigenvalue weighted by Crippen LogP contribution is -2.36. The first-order valence-corrected chi connectivity index (χ1v) is 6.06. The van der Waals surface area contributed by atoms with Crippen LogP contribution < -0.4 is 10.6 Å². The number of nitrogens with one attached hydrogen (secondary N) is 2. The molecule has 0 saturated carbocycles. The summed E-state index contributed by atoms with van der Waals surface area (Å²) in [4.78, 5) is 36.2. The molecule has 6 heteroatoms. The summed E-state index contributed by atoms with van der Waals surface area (Å²) in [7, 11) is 1.53. The van der Waals surface area contributed by atoms with Crippen LogP contribution in [0.2, 0.25) is 0 Å². The van der Waals surface area contributed by atoms with E-state index in [1.54, 1.807) is 24.3 Å². The first-order valence-electron chi connectivity index (χ1n) is 6.06. The molecule has 2 rings (SSSR count). The van der Waals surface area contributed by atoms with Gasteiger partial charge in [0.2, 0.25) is 0 Å². The Morgan fingerprint density at radius 1 is 1.16 bits per heavy atom. The zero-order valence-corrected chi connectivity index (χ0v) is 10.6. The lowest BCUT2D eigenvalue weighted by atomic mass is 10.1. The van der Waals surface area contributed by atoms with E-state index >= 15 is 0 Å². The van der Waals surface area contributed by atoms with Gasteiger partial charge in [-0.2, -0.15) is 0 Å². The SMILES string of the molecule is CNC(=O)NCCCN1C(=O)c2ccccc2C1=O. The van der Waals surface area contributed by atoms with Crippen molar-refractivity contribution in [1.29, 1.82) is 0 Å². The Bertz CT molecular complexity index is 493. The molecule has 1 aromatic carbocycles. The van der Waals surface area contributed by atoms with Gasteiger partial charge in [0.15, 0.2) is 0 Å². The molecule has 0 radical (unpaired) electrons. The lowest BCUT2D eigenvalue weighted by Gasteiger charge is -2.13. The molecule has 1 heterocycles. The molecule has 1 aliphatic heterocycles. The van der Waals surface area contributed by atoms with Crippen LogP contribution in [0.15, 0.2) is 24.3 Å². The molecule has 100 valence electrons. The maximum Gasteiger partial charge on any atom is 0.314 e. The Hall–Kier alpha value is -2.37. The highest BCUT2D eigenvalue weighted by Gasteiger charge is 2.34. The van der Waals surface area contributed by atoms with Gasteiger partial charge < -0.3 is 10.6 Å². The van der Waals surface area contributed by atoms with Crippen molar-refractivity contribution in [3.05, 3.63) is 35.4 Å². The van der Waals surface area contributed by atoms with E-state index < -0.39 is 0 Å². The number of carbonyl (C=O) groups excluding carboxylic acids is 3. The molecule has 1 aliphatic rings. The number of hydrogen-bond donors (Lipinski definition) is 2. The van der Waals surface area contributed by atoms with Gasteiger partial charge in [-0.25, -0.2) is 4.79 Å². The minimum absolute atomic E-state index is 0.263. The highest BCUT2D eigenvalue weighted by atomic mass is 16.2. The Morgan fingerprint density at radius 2 is 1.74 bits per heavy atom. The first kappa shape index (κ1) is 13.1. The van der Waals surface area contributed by atoms with Crippen molar-refractivity contribution >= 4 is 17.8 Å². The zero-order valence-electron chi connectivity index (χ0n) is 10.6. The Morgan fingerprint density at radius 3 is 2.26 bits per heavy atom. The van der Waals surface area contributed by atoms with E-state index in [2.05, 4.69) is 10.6 Å². The molecule has 0 fully saturated rings. The van der Waals surface area contributed by atoms with Crippen LogP contribution in [0.5, 0.6) is 0 Å². The van der Waals surface area contributed by atoms with Crippen LogP contribution in [0.4, 0.5) is 4.79 Å². The van der Waals surface area contributed by atoms with Crippen molar-refractivity contribution in [3.63, 3.8) is 0 Å². The van der Waals surface area contributed by atoms with Crippen molar-refractivity contribution in [2.75, 3.05) is 20.1 Å². The predicted molar refractivity (Wildman–Crippen MR) is 68.9 cm³/mol. The Labute approximate surface area is 110 Å². The maximum atomic E-state index is 12.0. The fraction of sp³-hybridized carbons (Fsp3) is 0.308. The maximum absolute atomic E-state index is 12.0. The minimum atomic E-state index is -0.276. The number of carbonyl (C=O) groups is 3. The fourth-order valence-corrected chi connectivity index (χ4v) is 1.97. The number of rotatable bonds is 4. The molecule has 0 saturated heterocycles. The zero-order chi connectivity index (χ0) is 13.8. The number of benzene rings is 1. The van der Waals surface area contributed by atoms with Crippen LogP contribution in [0.25, 0.3) is 0 Å². The summed E-state index contributed by atoms with van der Waals surface area (Å²) in [6, 6.07) is 6.50. The third kappa shape index (κ3) is 2.57. The Balaban J connectivity index is 1.92. The molecule has 6 nitrogen and oxygen atoms in total. The molecule has 0 unspecified atom stereocenters. The van der Waals surface area contributed by atoms with E-state index in [1.807, 2.05) is 0 Å². The third-order valence-electron chi connectivity index (χ3n) is 2.95. The van der Waals surface area contributed by atoms with E-state index in [0.29, 0.717) is 30.6 Å². The molecule has 2 N–H and O–H groups in total. The van der Waals surface area contributed by atoms with Gasteiger partial charge in [-0.05, 0) is 18.6 Å². The van der Waals surface area contributed by atoms with Crippen molar-refractivity contribution in [2.24, 2.45) is 0 Å². The molecule has 0 bridgehead atoms. The third-order valence-corrected chi connectivity index (χ3v) is 2.95. The molecule has 0 atom stereocenters. The topological polar surface area (TPSA) is 78.5 Å². The van der Waals surface area contributed by atoms with Crippen LogP contribution in [-0.2, 0) is 0 Å². The molecular formula is C13H15N3O3. The van der Waals surface area contributed by atoms with Crippen LogP contribution in [0, 0.1) is 0 Å². The second-order valence-corrected chi connectivity index (χ2v) is 4.17. The van der Waals surface area contributed by atoms with Gasteiger partial charge in [0, 0.05) is 20.1 Å². The number of amides is 4. The van der Waals surface area contributed by atoms with Crippen molar-refractivity contribution in [2.45, 2.75) is 6.42 Å². The van der Waals surface area contributed by atoms with E-state index in [1.165, 1.54) is 11.9 Å². The standard InChI is InChI=1S/C13H15N3O3/c1-14-13(19)15-7-4-8-16-11(17)9-5-2-3-6-10(9)12(16)18/h2-3,5-6H,4,7-8H2,1H3,(H2,14,15,19). The van der Waals surface area contributed by atoms with Gasteiger partial charge in [0.1, 0.15) is 0 Å². The first-order chi connectivity index (χ1) is 9.15. The molecule has 0 aliphatic carbocycles. The van der Waals surface area contributed by atoms with E-state index in [9.17, 15) is 14.4 Å². The highest BCUT2D eigenvalue weighted by molar-refractivity contribution is 6.21. The Kier molecular flexibility index (Phi) is 3.79. The fourth-order valence-electron chi connectivity index (χ4n) is 1.97. The molecule has 4 amide bonds. The monoisotopic (exact) mass is 261 g/mol. The van der Waals surface area contributed by atoms with Crippen LogP contribution in [0.3, 0.4) is 0 Å². The van der Waals surface area contributed by atoms with Gasteiger partial charge >= 0.3 is 6.03 Å². The smallest absolute Gasteiger partial charge is 0.314 e. The molecular weight excluding hydrogens is 246 g/mol. The predicted octanol–water partition coefficient (Wildman–Crippen LogP) is 0.602. The largest absolute Gasteiger partial charge is 0.341 e. The average molecular weight is 261 g/mol. The van der Waals surface area contributed by atoms with Crippen LogP contribution in [0.1, 0.15) is 27.1 Å². The summed E-state index contributed by atoms with van der Waals surface area (Å²) >= 11 is 0. The lowest BCUT2D eigenvalue weighted by molar-refractivity contribution is 0.0653. The number of urea groups is 1. The van der Waals surface area contributed by atoms with Crippen molar-refractivity contribution in [1.82, 2.24) is 15.5 Å². The van der Waals surface area contributed by atoms with Crippen molar-refractivity contribution in [3.8, 4) is 0 Å². The summed E-state index contributed by atoms with van der Waals surface area (Å²) in [5.41, 5.74) is 0.901. The van der Waals surface area contributed by atoms with Gasteiger partial charge in [0.05, 0.1) is 11.1 Å². The van der Waals surface area contributed by atoms with Gasteiger partial charge in [-0.15, -0.1) is 0 Å². The minimum Gasteiger partial charge on any atom is -0.341 e. The van der Waals surface area contributed by atoms with Gasteiger partial charge in [0.25, 0.3) is 11.8 Å².